The van der Waals surface area contributed by atoms with E-state index in [2.05, 4.69) is 57.9 Å². The first-order valence-electron chi connectivity index (χ1n) is 9.71. The van der Waals surface area contributed by atoms with Gasteiger partial charge in [0.1, 0.15) is 0 Å². The second kappa shape index (κ2) is 9.46. The van der Waals surface area contributed by atoms with Crippen molar-refractivity contribution in [2.24, 2.45) is 0 Å². The SMILES string of the molecule is CC(C)N(CCC(=O)N1CCN(c2ncccn2)CC1)Cc1ccccc1. The van der Waals surface area contributed by atoms with Gasteiger partial charge in [-0.15, -0.1) is 0 Å². The Hall–Kier alpha value is -2.47. The minimum absolute atomic E-state index is 0.238. The summed E-state index contributed by atoms with van der Waals surface area (Å²) in [6, 6.07) is 12.7. The third kappa shape index (κ3) is 5.50. The molecule has 144 valence electrons. The van der Waals surface area contributed by atoms with E-state index in [4.69, 9.17) is 0 Å². The van der Waals surface area contributed by atoms with Crippen LogP contribution in [0, 0.1) is 0 Å². The van der Waals surface area contributed by atoms with Gasteiger partial charge in [0, 0.05) is 64.1 Å². The molecular formula is C21H29N5O. The molecule has 1 saturated heterocycles. The van der Waals surface area contributed by atoms with Gasteiger partial charge in [-0.05, 0) is 25.5 Å². The van der Waals surface area contributed by atoms with Crippen LogP contribution in [-0.2, 0) is 11.3 Å². The number of carbonyl (C=O) groups excluding carboxylic acids is 1. The van der Waals surface area contributed by atoms with Crippen LogP contribution in [0.5, 0.6) is 0 Å². The summed E-state index contributed by atoms with van der Waals surface area (Å²) in [7, 11) is 0. The standard InChI is InChI=1S/C21H29N5O/c1-18(2)26(17-19-7-4-3-5-8-19)12-9-20(27)24-13-15-25(16-14-24)21-22-10-6-11-23-21/h3-8,10-11,18H,9,12-17H2,1-2H3. The van der Waals surface area contributed by atoms with Gasteiger partial charge in [0.05, 0.1) is 0 Å². The first-order valence-corrected chi connectivity index (χ1v) is 9.71. The van der Waals surface area contributed by atoms with Gasteiger partial charge in [-0.1, -0.05) is 30.3 Å². The third-order valence-corrected chi connectivity index (χ3v) is 5.04. The molecule has 2 aromatic rings. The number of piperazine rings is 1. The smallest absolute Gasteiger partial charge is 0.225 e. The predicted molar refractivity (Wildman–Crippen MR) is 107 cm³/mol. The number of hydrogen-bond acceptors (Lipinski definition) is 5. The highest BCUT2D eigenvalue weighted by molar-refractivity contribution is 5.76. The van der Waals surface area contributed by atoms with E-state index in [1.165, 1.54) is 5.56 Å². The molecule has 0 N–H and O–H groups in total. The van der Waals surface area contributed by atoms with Crippen molar-refractivity contribution in [2.45, 2.75) is 32.9 Å². The second-order valence-corrected chi connectivity index (χ2v) is 7.22. The minimum atomic E-state index is 0.238. The number of anilines is 1. The fraction of sp³-hybridized carbons (Fsp3) is 0.476. The molecule has 0 saturated carbocycles. The highest BCUT2D eigenvalue weighted by Gasteiger charge is 2.23. The van der Waals surface area contributed by atoms with E-state index < -0.39 is 0 Å². The summed E-state index contributed by atoms with van der Waals surface area (Å²) in [5.74, 6) is 0.987. The number of benzene rings is 1. The van der Waals surface area contributed by atoms with Gasteiger partial charge >= 0.3 is 0 Å². The molecule has 2 heterocycles. The molecule has 1 aliphatic rings. The highest BCUT2D eigenvalue weighted by atomic mass is 16.2. The van der Waals surface area contributed by atoms with Crippen LogP contribution in [-0.4, -0.2) is 64.4 Å². The molecule has 1 fully saturated rings. The molecule has 6 nitrogen and oxygen atoms in total. The quantitative estimate of drug-likeness (QED) is 0.752. The third-order valence-electron chi connectivity index (χ3n) is 5.04. The molecule has 1 aromatic heterocycles. The normalized spacial score (nSPS) is 14.8. The zero-order chi connectivity index (χ0) is 19.1. The molecule has 1 aromatic carbocycles. The van der Waals surface area contributed by atoms with Crippen molar-refractivity contribution in [1.29, 1.82) is 0 Å². The summed E-state index contributed by atoms with van der Waals surface area (Å²) in [5, 5.41) is 0. The van der Waals surface area contributed by atoms with Gasteiger partial charge in [-0.3, -0.25) is 9.69 Å². The van der Waals surface area contributed by atoms with Crippen LogP contribution < -0.4 is 4.90 Å². The number of rotatable bonds is 7. The number of hydrogen-bond donors (Lipinski definition) is 0. The zero-order valence-corrected chi connectivity index (χ0v) is 16.3. The molecule has 0 atom stereocenters. The van der Waals surface area contributed by atoms with Crippen LogP contribution in [0.25, 0.3) is 0 Å². The number of carbonyl (C=O) groups is 1. The molecule has 3 rings (SSSR count). The molecule has 6 heteroatoms. The maximum absolute atomic E-state index is 12.7. The fourth-order valence-electron chi connectivity index (χ4n) is 3.35. The number of aromatic nitrogens is 2. The van der Waals surface area contributed by atoms with Gasteiger partial charge in [0.2, 0.25) is 11.9 Å². The zero-order valence-electron chi connectivity index (χ0n) is 16.3. The van der Waals surface area contributed by atoms with Crippen LogP contribution in [0.2, 0.25) is 0 Å². The summed E-state index contributed by atoms with van der Waals surface area (Å²) < 4.78 is 0. The van der Waals surface area contributed by atoms with E-state index >= 15 is 0 Å². The number of amides is 1. The molecule has 0 spiro atoms. The lowest BCUT2D eigenvalue weighted by Gasteiger charge is -2.35. The van der Waals surface area contributed by atoms with E-state index in [9.17, 15) is 4.79 Å². The Kier molecular flexibility index (Phi) is 6.76. The number of nitrogens with zero attached hydrogens (tertiary/aromatic N) is 5. The second-order valence-electron chi connectivity index (χ2n) is 7.22. The topological polar surface area (TPSA) is 52.6 Å². The van der Waals surface area contributed by atoms with Crippen LogP contribution in [0.15, 0.2) is 48.8 Å². The summed E-state index contributed by atoms with van der Waals surface area (Å²) in [6.07, 6.45) is 4.08. The summed E-state index contributed by atoms with van der Waals surface area (Å²) in [4.78, 5) is 27.7. The van der Waals surface area contributed by atoms with Crippen LogP contribution in [0.3, 0.4) is 0 Å². The molecular weight excluding hydrogens is 338 g/mol. The van der Waals surface area contributed by atoms with E-state index in [-0.39, 0.29) is 5.91 Å². The summed E-state index contributed by atoms with van der Waals surface area (Å²) in [6.45, 7) is 9.08. The van der Waals surface area contributed by atoms with Gasteiger partial charge in [0.15, 0.2) is 0 Å². The Morgan fingerprint density at radius 2 is 1.70 bits per heavy atom. The van der Waals surface area contributed by atoms with E-state index in [0.717, 1.165) is 45.2 Å². The molecule has 0 aliphatic carbocycles. The first kappa shape index (κ1) is 19.3. The molecule has 0 bridgehead atoms. The Balaban J connectivity index is 1.47. The van der Waals surface area contributed by atoms with Crippen molar-refractivity contribution in [3.63, 3.8) is 0 Å². The van der Waals surface area contributed by atoms with E-state index in [1.54, 1.807) is 12.4 Å². The fourth-order valence-corrected chi connectivity index (χ4v) is 3.35. The van der Waals surface area contributed by atoms with Gasteiger partial charge < -0.3 is 9.80 Å². The molecule has 1 amide bonds. The van der Waals surface area contributed by atoms with Gasteiger partial charge in [-0.25, -0.2) is 9.97 Å². The van der Waals surface area contributed by atoms with Crippen molar-refractivity contribution in [3.8, 4) is 0 Å². The van der Waals surface area contributed by atoms with Crippen molar-refractivity contribution in [1.82, 2.24) is 19.8 Å². The monoisotopic (exact) mass is 367 g/mol. The van der Waals surface area contributed by atoms with E-state index in [1.807, 2.05) is 17.0 Å². The summed E-state index contributed by atoms with van der Waals surface area (Å²) >= 11 is 0. The molecule has 1 aliphatic heterocycles. The Labute approximate surface area is 161 Å². The molecule has 0 unspecified atom stereocenters. The van der Waals surface area contributed by atoms with Crippen molar-refractivity contribution in [3.05, 3.63) is 54.4 Å². The Bertz CT molecular complexity index is 699. The van der Waals surface area contributed by atoms with Gasteiger partial charge in [-0.2, -0.15) is 0 Å². The van der Waals surface area contributed by atoms with Crippen molar-refractivity contribution in [2.75, 3.05) is 37.6 Å². The highest BCUT2D eigenvalue weighted by Crippen LogP contribution is 2.12. The summed E-state index contributed by atoms with van der Waals surface area (Å²) in [5.41, 5.74) is 1.29. The molecule has 27 heavy (non-hydrogen) atoms. The largest absolute Gasteiger partial charge is 0.339 e. The lowest BCUT2D eigenvalue weighted by molar-refractivity contribution is -0.132. The maximum atomic E-state index is 12.7. The lowest BCUT2D eigenvalue weighted by atomic mass is 10.1. The Morgan fingerprint density at radius 3 is 2.33 bits per heavy atom. The maximum Gasteiger partial charge on any atom is 0.225 e. The van der Waals surface area contributed by atoms with Gasteiger partial charge in [0.25, 0.3) is 0 Å². The van der Waals surface area contributed by atoms with Crippen LogP contribution in [0.4, 0.5) is 5.95 Å². The average Bonchev–Trinajstić information content (AvgIpc) is 2.72. The van der Waals surface area contributed by atoms with E-state index in [0.29, 0.717) is 12.5 Å². The molecule has 0 radical (unpaired) electrons. The van der Waals surface area contributed by atoms with Crippen LogP contribution >= 0.6 is 0 Å². The van der Waals surface area contributed by atoms with Crippen molar-refractivity contribution < 1.29 is 4.79 Å². The minimum Gasteiger partial charge on any atom is -0.339 e. The Morgan fingerprint density at radius 1 is 1.04 bits per heavy atom. The lowest BCUT2D eigenvalue weighted by Crippen LogP contribution is -2.49. The first-order chi connectivity index (χ1) is 13.1. The predicted octanol–water partition coefficient (Wildman–Crippen LogP) is 2.43. The van der Waals surface area contributed by atoms with Crippen LogP contribution in [0.1, 0.15) is 25.8 Å². The average molecular weight is 367 g/mol. The van der Waals surface area contributed by atoms with Crippen molar-refractivity contribution >= 4 is 11.9 Å².